The lowest BCUT2D eigenvalue weighted by molar-refractivity contribution is 0.176. The molecule has 1 aliphatic heterocycles. The van der Waals surface area contributed by atoms with Gasteiger partial charge in [-0.05, 0) is 37.3 Å². The van der Waals surface area contributed by atoms with Crippen molar-refractivity contribution in [2.75, 3.05) is 6.54 Å². The summed E-state index contributed by atoms with van der Waals surface area (Å²) in [6, 6.07) is 11.8. The minimum Gasteiger partial charge on any atom is -0.296 e. The second kappa shape index (κ2) is 4.58. The fraction of sp³-hybridized carbons (Fsp3) is 0.600. The molecule has 0 bridgehead atoms. The Morgan fingerprint density at radius 3 is 2.69 bits per heavy atom. The highest BCUT2D eigenvalue weighted by Crippen LogP contribution is 2.36. The van der Waals surface area contributed by atoms with Crippen molar-refractivity contribution in [3.8, 4) is 0 Å². The number of hydrogen-bond acceptors (Lipinski definition) is 1. The molecule has 0 aromatic heterocycles. The van der Waals surface area contributed by atoms with Gasteiger partial charge in [0.05, 0.1) is 0 Å². The third kappa shape index (κ3) is 2.01. The molecule has 1 aromatic carbocycles. The van der Waals surface area contributed by atoms with Crippen molar-refractivity contribution < 1.29 is 0 Å². The summed E-state index contributed by atoms with van der Waals surface area (Å²) in [5.41, 5.74) is 1.48. The highest BCUT2D eigenvalue weighted by molar-refractivity contribution is 5.15. The first-order valence-electron chi connectivity index (χ1n) is 6.71. The topological polar surface area (TPSA) is 3.24 Å². The van der Waals surface area contributed by atoms with Crippen molar-refractivity contribution >= 4 is 0 Å². The van der Waals surface area contributed by atoms with Gasteiger partial charge in [0, 0.05) is 12.6 Å². The minimum absolute atomic E-state index is 0.897. The maximum atomic E-state index is 2.72. The summed E-state index contributed by atoms with van der Waals surface area (Å²) in [5, 5.41) is 0. The van der Waals surface area contributed by atoms with Crippen LogP contribution in [0, 0.1) is 5.92 Å². The molecule has 3 rings (SSSR count). The van der Waals surface area contributed by atoms with Gasteiger partial charge in [-0.2, -0.15) is 0 Å². The first-order valence-corrected chi connectivity index (χ1v) is 6.71. The average Bonchev–Trinajstić information content (AvgIpc) is 2.74. The molecular weight excluding hydrogens is 194 g/mol. The fourth-order valence-corrected chi connectivity index (χ4v) is 3.52. The van der Waals surface area contributed by atoms with E-state index in [0.717, 1.165) is 12.0 Å². The fourth-order valence-electron chi connectivity index (χ4n) is 3.52. The van der Waals surface area contributed by atoms with Gasteiger partial charge in [-0.3, -0.25) is 4.90 Å². The number of rotatable bonds is 2. The quantitative estimate of drug-likeness (QED) is 0.730. The standard InChI is InChI=1S/C15H21N/c1-2-6-13(7-3-1)12-16-11-10-14-8-4-5-9-15(14)16/h1-3,6-7,14-15H,4-5,8-12H2. The first kappa shape index (κ1) is 10.3. The van der Waals surface area contributed by atoms with Gasteiger partial charge >= 0.3 is 0 Å². The molecule has 0 radical (unpaired) electrons. The highest BCUT2D eigenvalue weighted by Gasteiger charge is 2.35. The summed E-state index contributed by atoms with van der Waals surface area (Å²) in [6.07, 6.45) is 7.29. The number of likely N-dealkylation sites (tertiary alicyclic amines) is 1. The summed E-state index contributed by atoms with van der Waals surface area (Å²) in [6.45, 7) is 2.49. The molecule has 1 aliphatic carbocycles. The summed E-state index contributed by atoms with van der Waals surface area (Å²) in [5.74, 6) is 1.01. The molecule has 16 heavy (non-hydrogen) atoms. The van der Waals surface area contributed by atoms with Crippen molar-refractivity contribution in [1.82, 2.24) is 4.90 Å². The van der Waals surface area contributed by atoms with E-state index >= 15 is 0 Å². The molecule has 0 spiro atoms. The average molecular weight is 215 g/mol. The predicted molar refractivity (Wildman–Crippen MR) is 67.2 cm³/mol. The molecule has 2 aliphatic rings. The predicted octanol–water partition coefficient (Wildman–Crippen LogP) is 3.45. The maximum Gasteiger partial charge on any atom is 0.0236 e. The van der Waals surface area contributed by atoms with Crippen LogP contribution in [0.25, 0.3) is 0 Å². The zero-order chi connectivity index (χ0) is 10.8. The van der Waals surface area contributed by atoms with Crippen LogP contribution < -0.4 is 0 Å². The lowest BCUT2D eigenvalue weighted by atomic mass is 9.85. The van der Waals surface area contributed by atoms with Gasteiger partial charge in [0.25, 0.3) is 0 Å². The Hall–Kier alpha value is -0.820. The van der Waals surface area contributed by atoms with E-state index in [4.69, 9.17) is 0 Å². The number of fused-ring (bicyclic) bond motifs is 1. The molecule has 2 fully saturated rings. The van der Waals surface area contributed by atoms with Crippen LogP contribution in [0.1, 0.15) is 37.7 Å². The van der Waals surface area contributed by atoms with E-state index in [-0.39, 0.29) is 0 Å². The third-order valence-corrected chi connectivity index (χ3v) is 4.35. The van der Waals surface area contributed by atoms with Crippen molar-refractivity contribution in [2.24, 2.45) is 5.92 Å². The van der Waals surface area contributed by atoms with Crippen LogP contribution in [0.3, 0.4) is 0 Å². The molecule has 1 heteroatoms. The van der Waals surface area contributed by atoms with Crippen LogP contribution in [0.4, 0.5) is 0 Å². The largest absolute Gasteiger partial charge is 0.296 e. The van der Waals surface area contributed by atoms with Crippen LogP contribution in [-0.2, 0) is 6.54 Å². The Morgan fingerprint density at radius 2 is 1.81 bits per heavy atom. The second-order valence-electron chi connectivity index (χ2n) is 5.36. The van der Waals surface area contributed by atoms with E-state index in [1.807, 2.05) is 0 Å². The van der Waals surface area contributed by atoms with E-state index in [2.05, 4.69) is 35.2 Å². The van der Waals surface area contributed by atoms with Crippen LogP contribution in [-0.4, -0.2) is 17.5 Å². The number of benzene rings is 1. The molecule has 1 saturated carbocycles. The van der Waals surface area contributed by atoms with E-state index in [9.17, 15) is 0 Å². The van der Waals surface area contributed by atoms with Gasteiger partial charge in [-0.25, -0.2) is 0 Å². The molecule has 1 saturated heterocycles. The van der Waals surface area contributed by atoms with Crippen molar-refractivity contribution in [2.45, 2.75) is 44.7 Å². The van der Waals surface area contributed by atoms with Gasteiger partial charge < -0.3 is 0 Å². The van der Waals surface area contributed by atoms with E-state index in [1.165, 1.54) is 50.8 Å². The van der Waals surface area contributed by atoms with Gasteiger partial charge in [-0.15, -0.1) is 0 Å². The van der Waals surface area contributed by atoms with Crippen molar-refractivity contribution in [3.63, 3.8) is 0 Å². The molecule has 1 aromatic rings. The maximum absolute atomic E-state index is 2.72. The Balaban J connectivity index is 1.67. The van der Waals surface area contributed by atoms with E-state index < -0.39 is 0 Å². The molecular formula is C15H21N. The van der Waals surface area contributed by atoms with Crippen LogP contribution in [0.15, 0.2) is 30.3 Å². The third-order valence-electron chi connectivity index (χ3n) is 4.35. The Morgan fingerprint density at radius 1 is 1.00 bits per heavy atom. The van der Waals surface area contributed by atoms with Crippen LogP contribution in [0.5, 0.6) is 0 Å². The highest BCUT2D eigenvalue weighted by atomic mass is 15.2. The Bertz CT molecular complexity index is 333. The van der Waals surface area contributed by atoms with Gasteiger partial charge in [0.15, 0.2) is 0 Å². The Kier molecular flexibility index (Phi) is 2.96. The molecule has 2 unspecified atom stereocenters. The lowest BCUT2D eigenvalue weighted by Gasteiger charge is -2.31. The Labute approximate surface area is 98.5 Å². The molecule has 1 heterocycles. The van der Waals surface area contributed by atoms with Gasteiger partial charge in [0.2, 0.25) is 0 Å². The normalized spacial score (nSPS) is 30.2. The molecule has 2 atom stereocenters. The smallest absolute Gasteiger partial charge is 0.0236 e. The van der Waals surface area contributed by atoms with E-state index in [0.29, 0.717) is 0 Å². The van der Waals surface area contributed by atoms with Crippen LogP contribution in [0.2, 0.25) is 0 Å². The zero-order valence-electron chi connectivity index (χ0n) is 9.94. The zero-order valence-corrected chi connectivity index (χ0v) is 9.94. The lowest BCUT2D eigenvalue weighted by Crippen LogP contribution is -2.34. The summed E-state index contributed by atoms with van der Waals surface area (Å²) in [7, 11) is 0. The molecule has 86 valence electrons. The summed E-state index contributed by atoms with van der Waals surface area (Å²) < 4.78 is 0. The summed E-state index contributed by atoms with van der Waals surface area (Å²) >= 11 is 0. The molecule has 1 nitrogen and oxygen atoms in total. The molecule has 0 N–H and O–H groups in total. The van der Waals surface area contributed by atoms with Crippen molar-refractivity contribution in [3.05, 3.63) is 35.9 Å². The van der Waals surface area contributed by atoms with Crippen molar-refractivity contribution in [1.29, 1.82) is 0 Å². The monoisotopic (exact) mass is 215 g/mol. The van der Waals surface area contributed by atoms with Gasteiger partial charge in [-0.1, -0.05) is 43.2 Å². The summed E-state index contributed by atoms with van der Waals surface area (Å²) in [4.78, 5) is 2.72. The SMILES string of the molecule is c1ccc(CN2CCC3CCCCC32)cc1. The number of nitrogens with zero attached hydrogens (tertiary/aromatic N) is 1. The second-order valence-corrected chi connectivity index (χ2v) is 5.36. The van der Waals surface area contributed by atoms with Gasteiger partial charge in [0.1, 0.15) is 0 Å². The van der Waals surface area contributed by atoms with E-state index in [1.54, 1.807) is 0 Å². The first-order chi connectivity index (χ1) is 7.93. The van der Waals surface area contributed by atoms with Crippen LogP contribution >= 0.6 is 0 Å². The number of hydrogen-bond donors (Lipinski definition) is 0. The minimum atomic E-state index is 0.897. The molecule has 0 amide bonds.